The van der Waals surface area contributed by atoms with E-state index in [-0.39, 0.29) is 10.8 Å². The van der Waals surface area contributed by atoms with Gasteiger partial charge in [0.25, 0.3) is 0 Å². The first-order chi connectivity index (χ1) is 11.9. The van der Waals surface area contributed by atoms with E-state index >= 15 is 0 Å². The van der Waals surface area contributed by atoms with Gasteiger partial charge in [-0.2, -0.15) is 4.31 Å². The maximum absolute atomic E-state index is 12.6. The SMILES string of the molecule is Cc1ccc(/C=C/C(=O)Nc2cccc(S(=O)(=O)N3CCCC3)c2)s1. The number of nitrogens with zero attached hydrogens (tertiary/aromatic N) is 1. The number of amides is 1. The number of nitrogens with one attached hydrogen (secondary N) is 1. The Balaban J connectivity index is 1.71. The highest BCUT2D eigenvalue weighted by Gasteiger charge is 2.27. The van der Waals surface area contributed by atoms with Crippen molar-refractivity contribution in [2.45, 2.75) is 24.7 Å². The molecule has 0 bridgehead atoms. The molecule has 3 rings (SSSR count). The van der Waals surface area contributed by atoms with Crippen LogP contribution in [0, 0.1) is 6.92 Å². The third-order valence-corrected chi connectivity index (χ3v) is 6.83. The van der Waals surface area contributed by atoms with Crippen molar-refractivity contribution in [1.82, 2.24) is 4.31 Å². The topological polar surface area (TPSA) is 66.5 Å². The predicted octanol–water partition coefficient (Wildman–Crippen LogP) is 3.49. The molecule has 5 nitrogen and oxygen atoms in total. The van der Waals surface area contributed by atoms with E-state index in [0.29, 0.717) is 18.8 Å². The molecule has 1 N–H and O–H groups in total. The van der Waals surface area contributed by atoms with Crippen molar-refractivity contribution in [2.24, 2.45) is 0 Å². The summed E-state index contributed by atoms with van der Waals surface area (Å²) in [6.07, 6.45) is 4.98. The zero-order chi connectivity index (χ0) is 17.9. The molecule has 0 unspecified atom stereocenters. The minimum absolute atomic E-state index is 0.213. The number of rotatable bonds is 5. The average molecular weight is 377 g/mol. The van der Waals surface area contributed by atoms with Crippen LogP contribution < -0.4 is 5.32 Å². The zero-order valence-electron chi connectivity index (χ0n) is 13.9. The molecule has 1 aliphatic rings. The maximum atomic E-state index is 12.6. The Hall–Kier alpha value is -1.96. The third-order valence-electron chi connectivity index (χ3n) is 3.96. The zero-order valence-corrected chi connectivity index (χ0v) is 15.6. The summed E-state index contributed by atoms with van der Waals surface area (Å²) in [5.41, 5.74) is 0.470. The molecular weight excluding hydrogens is 356 g/mol. The Morgan fingerprint density at radius 2 is 1.96 bits per heavy atom. The lowest BCUT2D eigenvalue weighted by Gasteiger charge is -2.16. The molecule has 1 amide bonds. The van der Waals surface area contributed by atoms with E-state index in [2.05, 4.69) is 5.32 Å². The van der Waals surface area contributed by atoms with E-state index in [4.69, 9.17) is 0 Å². The van der Waals surface area contributed by atoms with Gasteiger partial charge in [0.2, 0.25) is 15.9 Å². The monoisotopic (exact) mass is 376 g/mol. The van der Waals surface area contributed by atoms with Gasteiger partial charge in [0.05, 0.1) is 4.90 Å². The van der Waals surface area contributed by atoms with Gasteiger partial charge in [-0.25, -0.2) is 8.42 Å². The quantitative estimate of drug-likeness (QED) is 0.812. The molecule has 1 aliphatic heterocycles. The Labute approximate surface area is 152 Å². The van der Waals surface area contributed by atoms with Crippen molar-refractivity contribution in [3.05, 3.63) is 52.2 Å². The van der Waals surface area contributed by atoms with Gasteiger partial charge in [-0.05, 0) is 56.2 Å². The number of benzene rings is 1. The van der Waals surface area contributed by atoms with Crippen LogP contribution in [0.15, 0.2) is 47.4 Å². The predicted molar refractivity (Wildman–Crippen MR) is 101 cm³/mol. The fourth-order valence-corrected chi connectivity index (χ4v) is 5.04. The lowest BCUT2D eigenvalue weighted by Crippen LogP contribution is -2.27. The molecule has 0 spiro atoms. The molecule has 1 aromatic carbocycles. The van der Waals surface area contributed by atoms with Crippen molar-refractivity contribution >= 4 is 39.0 Å². The molecule has 7 heteroatoms. The Morgan fingerprint density at radius 3 is 2.64 bits per heavy atom. The van der Waals surface area contributed by atoms with Crippen LogP contribution in [0.4, 0.5) is 5.69 Å². The Bertz CT molecular complexity index is 895. The number of hydrogen-bond donors (Lipinski definition) is 1. The molecule has 2 heterocycles. The fourth-order valence-electron chi connectivity index (χ4n) is 2.70. The van der Waals surface area contributed by atoms with E-state index in [0.717, 1.165) is 17.7 Å². The number of carbonyl (C=O) groups excluding carboxylic acids is 1. The molecule has 1 aromatic heterocycles. The molecule has 0 aliphatic carbocycles. The summed E-state index contributed by atoms with van der Waals surface area (Å²) in [6, 6.07) is 10.3. The summed E-state index contributed by atoms with van der Waals surface area (Å²) < 4.78 is 26.7. The molecule has 1 saturated heterocycles. The van der Waals surface area contributed by atoms with Gasteiger partial charge in [-0.15, -0.1) is 11.3 Å². The van der Waals surface area contributed by atoms with Crippen molar-refractivity contribution < 1.29 is 13.2 Å². The Morgan fingerprint density at radius 1 is 1.20 bits per heavy atom. The summed E-state index contributed by atoms with van der Waals surface area (Å²) in [5, 5.41) is 2.72. The van der Waals surface area contributed by atoms with Crippen molar-refractivity contribution in [3.63, 3.8) is 0 Å². The van der Waals surface area contributed by atoms with Gasteiger partial charge in [-0.3, -0.25) is 4.79 Å². The van der Waals surface area contributed by atoms with E-state index in [9.17, 15) is 13.2 Å². The lowest BCUT2D eigenvalue weighted by molar-refractivity contribution is -0.111. The van der Waals surface area contributed by atoms with Gasteiger partial charge in [0.15, 0.2) is 0 Å². The van der Waals surface area contributed by atoms with Gasteiger partial charge in [0, 0.05) is 34.6 Å². The van der Waals surface area contributed by atoms with Gasteiger partial charge < -0.3 is 5.32 Å². The van der Waals surface area contributed by atoms with Crippen LogP contribution in [-0.2, 0) is 14.8 Å². The summed E-state index contributed by atoms with van der Waals surface area (Å²) in [7, 11) is -3.48. The van der Waals surface area contributed by atoms with E-state index in [1.807, 2.05) is 19.1 Å². The van der Waals surface area contributed by atoms with E-state index in [1.54, 1.807) is 35.6 Å². The number of carbonyl (C=O) groups is 1. The number of sulfonamides is 1. The van der Waals surface area contributed by atoms with Crippen LogP contribution >= 0.6 is 11.3 Å². The second-order valence-corrected chi connectivity index (χ2v) is 9.17. The molecule has 0 saturated carbocycles. The van der Waals surface area contributed by atoms with Crippen LogP contribution in [0.1, 0.15) is 22.6 Å². The van der Waals surface area contributed by atoms with Gasteiger partial charge >= 0.3 is 0 Å². The highest BCUT2D eigenvalue weighted by atomic mass is 32.2. The number of hydrogen-bond acceptors (Lipinski definition) is 4. The summed E-state index contributed by atoms with van der Waals surface area (Å²) in [5.74, 6) is -0.290. The standard InChI is InChI=1S/C18H20N2O3S2/c1-14-7-8-16(24-14)9-10-18(21)19-15-5-4-6-17(13-15)25(22,23)20-11-2-3-12-20/h4-10,13H,2-3,11-12H2,1H3,(H,19,21)/b10-9+. The molecular formula is C18H20N2O3S2. The highest BCUT2D eigenvalue weighted by molar-refractivity contribution is 7.89. The largest absolute Gasteiger partial charge is 0.322 e. The van der Waals surface area contributed by atoms with Crippen LogP contribution in [0.25, 0.3) is 6.08 Å². The lowest BCUT2D eigenvalue weighted by atomic mass is 10.3. The van der Waals surface area contributed by atoms with Crippen LogP contribution in [-0.4, -0.2) is 31.7 Å². The van der Waals surface area contributed by atoms with Gasteiger partial charge in [-0.1, -0.05) is 6.07 Å². The minimum atomic E-state index is -3.48. The smallest absolute Gasteiger partial charge is 0.248 e. The first kappa shape index (κ1) is 17.8. The highest BCUT2D eigenvalue weighted by Crippen LogP contribution is 2.23. The first-order valence-electron chi connectivity index (χ1n) is 8.11. The van der Waals surface area contributed by atoms with E-state index < -0.39 is 10.0 Å². The molecule has 1 fully saturated rings. The number of anilines is 1. The van der Waals surface area contributed by atoms with Crippen molar-refractivity contribution in [1.29, 1.82) is 0 Å². The molecule has 132 valence electrons. The van der Waals surface area contributed by atoms with Crippen LogP contribution in [0.5, 0.6) is 0 Å². The third kappa shape index (κ3) is 4.36. The molecule has 0 atom stereocenters. The normalized spacial score (nSPS) is 15.7. The summed E-state index contributed by atoms with van der Waals surface area (Å²) in [6.45, 7) is 3.12. The molecule has 25 heavy (non-hydrogen) atoms. The second kappa shape index (κ2) is 7.51. The summed E-state index contributed by atoms with van der Waals surface area (Å²) in [4.78, 5) is 14.4. The minimum Gasteiger partial charge on any atom is -0.322 e. The maximum Gasteiger partial charge on any atom is 0.248 e. The van der Waals surface area contributed by atoms with E-state index in [1.165, 1.54) is 21.3 Å². The van der Waals surface area contributed by atoms with Crippen molar-refractivity contribution in [2.75, 3.05) is 18.4 Å². The average Bonchev–Trinajstić information content (AvgIpc) is 3.25. The number of aryl methyl sites for hydroxylation is 1. The van der Waals surface area contributed by atoms with Crippen LogP contribution in [0.3, 0.4) is 0 Å². The summed E-state index contributed by atoms with van der Waals surface area (Å²) >= 11 is 1.60. The number of thiophene rings is 1. The fraction of sp³-hybridized carbons (Fsp3) is 0.278. The Kier molecular flexibility index (Phi) is 5.36. The van der Waals surface area contributed by atoms with Crippen molar-refractivity contribution in [3.8, 4) is 0 Å². The van der Waals surface area contributed by atoms with Crippen LogP contribution in [0.2, 0.25) is 0 Å². The molecule has 0 radical (unpaired) electrons. The first-order valence-corrected chi connectivity index (χ1v) is 10.4. The van der Waals surface area contributed by atoms with Gasteiger partial charge in [0.1, 0.15) is 0 Å². The molecule has 2 aromatic rings. The second-order valence-electron chi connectivity index (χ2n) is 5.91.